The van der Waals surface area contributed by atoms with Crippen molar-refractivity contribution in [2.45, 2.75) is 31.2 Å². The van der Waals surface area contributed by atoms with E-state index in [0.29, 0.717) is 19.1 Å². The van der Waals surface area contributed by atoms with Crippen molar-refractivity contribution >= 4 is 0 Å². The Morgan fingerprint density at radius 1 is 1.21 bits per heavy atom. The quantitative estimate of drug-likeness (QED) is 0.492. The first-order chi connectivity index (χ1) is 6.52. The molecule has 84 valence electrons. The summed E-state index contributed by atoms with van der Waals surface area (Å²) in [4.78, 5) is 0. The summed E-state index contributed by atoms with van der Waals surface area (Å²) in [6.07, 6.45) is -1.35. The number of hydrogen-bond acceptors (Lipinski definition) is 2. The van der Waals surface area contributed by atoms with E-state index in [1.807, 2.05) is 0 Å². The first-order valence-electron chi connectivity index (χ1n) is 4.62. The molecule has 0 spiro atoms. The average Bonchev–Trinajstić information content (AvgIpc) is 2.87. The highest BCUT2D eigenvalue weighted by Gasteiger charge is 2.39. The van der Waals surface area contributed by atoms with Gasteiger partial charge in [-0.3, -0.25) is 0 Å². The van der Waals surface area contributed by atoms with Crippen molar-refractivity contribution in [2.24, 2.45) is 0 Å². The van der Waals surface area contributed by atoms with Crippen LogP contribution in [0.2, 0.25) is 0 Å². The van der Waals surface area contributed by atoms with E-state index >= 15 is 0 Å². The summed E-state index contributed by atoms with van der Waals surface area (Å²) in [6, 6.07) is 0.507. The lowest BCUT2D eigenvalue weighted by Crippen LogP contribution is -2.41. The zero-order valence-electron chi connectivity index (χ0n) is 7.70. The molecule has 0 bridgehead atoms. The lowest BCUT2D eigenvalue weighted by molar-refractivity contribution is -0.125. The molecule has 6 heteroatoms. The van der Waals surface area contributed by atoms with Crippen LogP contribution in [-0.4, -0.2) is 38.0 Å². The predicted molar refractivity (Wildman–Crippen MR) is 44.8 cm³/mol. The smallest absolute Gasteiger partial charge is 0.313 e. The van der Waals surface area contributed by atoms with Gasteiger partial charge in [0.2, 0.25) is 0 Å². The lowest BCUT2D eigenvalue weighted by atomic mass is 10.3. The van der Waals surface area contributed by atoms with Crippen molar-refractivity contribution in [2.75, 3.05) is 19.6 Å². The third kappa shape index (κ3) is 4.23. The Morgan fingerprint density at radius 3 is 2.36 bits per heavy atom. The second-order valence-electron chi connectivity index (χ2n) is 3.47. The van der Waals surface area contributed by atoms with E-state index in [0.717, 1.165) is 12.8 Å². The molecule has 1 rings (SSSR count). The monoisotopic (exact) mass is 214 g/mol. The van der Waals surface area contributed by atoms with Gasteiger partial charge < -0.3 is 10.6 Å². The van der Waals surface area contributed by atoms with Crippen LogP contribution < -0.4 is 10.6 Å². The minimum Gasteiger partial charge on any atom is -0.313 e. The Hall–Kier alpha value is -0.360. The Kier molecular flexibility index (Phi) is 4.12. The zero-order valence-corrected chi connectivity index (χ0v) is 7.70. The van der Waals surface area contributed by atoms with E-state index < -0.39 is 18.9 Å². The van der Waals surface area contributed by atoms with E-state index in [1.54, 1.807) is 0 Å². The molecule has 1 aliphatic carbocycles. The largest absolute Gasteiger partial charge is 0.319 e. The number of hydrogen-bond donors (Lipinski definition) is 2. The van der Waals surface area contributed by atoms with E-state index in [4.69, 9.17) is 0 Å². The molecule has 1 fully saturated rings. The third-order valence-corrected chi connectivity index (χ3v) is 1.99. The van der Waals surface area contributed by atoms with Crippen LogP contribution in [0.1, 0.15) is 12.8 Å². The van der Waals surface area contributed by atoms with E-state index in [9.17, 15) is 17.6 Å². The van der Waals surface area contributed by atoms with Crippen molar-refractivity contribution in [3.63, 3.8) is 0 Å². The number of rotatable bonds is 7. The van der Waals surface area contributed by atoms with Crippen molar-refractivity contribution < 1.29 is 17.6 Å². The molecule has 0 radical (unpaired) electrons. The summed E-state index contributed by atoms with van der Waals surface area (Å²) in [5.41, 5.74) is 0. The molecule has 0 saturated heterocycles. The van der Waals surface area contributed by atoms with Gasteiger partial charge in [0.05, 0.1) is 6.54 Å². The van der Waals surface area contributed by atoms with Gasteiger partial charge in [-0.05, 0) is 12.8 Å². The molecule has 14 heavy (non-hydrogen) atoms. The lowest BCUT2D eigenvalue weighted by Gasteiger charge is -2.15. The molecule has 0 heterocycles. The van der Waals surface area contributed by atoms with Gasteiger partial charge in [-0.2, -0.15) is 8.78 Å². The van der Waals surface area contributed by atoms with Crippen molar-refractivity contribution in [3.05, 3.63) is 0 Å². The summed E-state index contributed by atoms with van der Waals surface area (Å²) in [5, 5.41) is 5.37. The number of nitrogens with one attached hydrogen (secondary N) is 2. The second kappa shape index (κ2) is 4.93. The highest BCUT2D eigenvalue weighted by atomic mass is 19.3. The van der Waals surface area contributed by atoms with Gasteiger partial charge in [0.15, 0.2) is 0 Å². The molecule has 1 saturated carbocycles. The molecule has 2 nitrogen and oxygen atoms in total. The molecule has 0 atom stereocenters. The second-order valence-corrected chi connectivity index (χ2v) is 3.47. The van der Waals surface area contributed by atoms with Crippen LogP contribution >= 0.6 is 0 Å². The molecule has 1 aliphatic rings. The fourth-order valence-electron chi connectivity index (χ4n) is 0.984. The Morgan fingerprint density at radius 2 is 1.86 bits per heavy atom. The SMILES string of the molecule is FC(F)C(F)(F)CNCCNC1CC1. The van der Waals surface area contributed by atoms with E-state index in [1.165, 1.54) is 0 Å². The van der Waals surface area contributed by atoms with Crippen LogP contribution in [0.4, 0.5) is 17.6 Å². The first-order valence-corrected chi connectivity index (χ1v) is 4.62. The summed E-state index contributed by atoms with van der Waals surface area (Å²) >= 11 is 0. The zero-order chi connectivity index (χ0) is 10.6. The molecule has 0 aliphatic heterocycles. The van der Waals surface area contributed by atoms with E-state index in [2.05, 4.69) is 10.6 Å². The topological polar surface area (TPSA) is 24.1 Å². The Balaban J connectivity index is 1.96. The normalized spacial score (nSPS) is 17.8. The van der Waals surface area contributed by atoms with Crippen LogP contribution in [0.15, 0.2) is 0 Å². The maximum Gasteiger partial charge on any atom is 0.319 e. The van der Waals surface area contributed by atoms with Crippen LogP contribution in [-0.2, 0) is 0 Å². The van der Waals surface area contributed by atoms with E-state index in [-0.39, 0.29) is 0 Å². The van der Waals surface area contributed by atoms with Crippen molar-refractivity contribution in [1.29, 1.82) is 0 Å². The minimum absolute atomic E-state index is 0.290. The van der Waals surface area contributed by atoms with Crippen LogP contribution in [0.5, 0.6) is 0 Å². The van der Waals surface area contributed by atoms with Gasteiger partial charge in [0, 0.05) is 19.1 Å². The molecule has 0 unspecified atom stereocenters. The summed E-state index contributed by atoms with van der Waals surface area (Å²) in [7, 11) is 0. The minimum atomic E-state index is -3.92. The maximum absolute atomic E-state index is 12.3. The van der Waals surface area contributed by atoms with Gasteiger partial charge in [-0.15, -0.1) is 0 Å². The molecule has 0 aromatic heterocycles. The highest BCUT2D eigenvalue weighted by Crippen LogP contribution is 2.21. The van der Waals surface area contributed by atoms with Crippen molar-refractivity contribution in [3.8, 4) is 0 Å². The van der Waals surface area contributed by atoms with Crippen LogP contribution in [0.3, 0.4) is 0 Å². The van der Waals surface area contributed by atoms with Gasteiger partial charge in [0.1, 0.15) is 0 Å². The van der Waals surface area contributed by atoms with Crippen LogP contribution in [0.25, 0.3) is 0 Å². The van der Waals surface area contributed by atoms with Crippen molar-refractivity contribution in [1.82, 2.24) is 10.6 Å². The molecular weight excluding hydrogens is 200 g/mol. The van der Waals surface area contributed by atoms with Gasteiger partial charge in [0.25, 0.3) is 0 Å². The number of alkyl halides is 4. The molecule has 2 N–H and O–H groups in total. The van der Waals surface area contributed by atoms with Gasteiger partial charge in [-0.1, -0.05) is 0 Å². The fourth-order valence-corrected chi connectivity index (χ4v) is 0.984. The Labute approximate surface area is 80.0 Å². The summed E-state index contributed by atoms with van der Waals surface area (Å²) < 4.78 is 47.9. The maximum atomic E-state index is 12.3. The van der Waals surface area contributed by atoms with Gasteiger partial charge >= 0.3 is 12.3 Å². The summed E-state index contributed by atoms with van der Waals surface area (Å²) in [5.74, 6) is -3.92. The third-order valence-electron chi connectivity index (χ3n) is 1.99. The average molecular weight is 214 g/mol. The first kappa shape index (κ1) is 11.7. The van der Waals surface area contributed by atoms with Gasteiger partial charge in [-0.25, -0.2) is 8.78 Å². The molecule has 0 amide bonds. The predicted octanol–water partition coefficient (Wildman–Crippen LogP) is 1.23. The standard InChI is InChI=1S/C8H14F4N2/c9-7(10)8(11,12)5-13-3-4-14-6-1-2-6/h6-7,13-14H,1-5H2. The van der Waals surface area contributed by atoms with Crippen LogP contribution in [0, 0.1) is 0 Å². The molecular formula is C8H14F4N2. The fraction of sp³-hybridized carbons (Fsp3) is 1.00. The highest BCUT2D eigenvalue weighted by molar-refractivity contribution is 4.81. The number of halogens is 4. The summed E-state index contributed by atoms with van der Waals surface area (Å²) in [6.45, 7) is -0.125. The Bertz CT molecular complexity index is 171. The molecule has 0 aromatic rings. The molecule has 0 aromatic carbocycles.